The topological polar surface area (TPSA) is 26.3 Å². The van der Waals surface area contributed by atoms with Crippen molar-refractivity contribution in [2.75, 3.05) is 7.11 Å². The highest BCUT2D eigenvalue weighted by Crippen LogP contribution is 2.67. The Labute approximate surface area is 148 Å². The third-order valence-corrected chi connectivity index (χ3v) is 9.28. The maximum atomic E-state index is 12.3. The molecule has 136 valence electrons. The molecule has 0 heterocycles. The fourth-order valence-corrected chi connectivity index (χ4v) is 8.28. The molecule has 8 atom stereocenters. The van der Waals surface area contributed by atoms with Crippen LogP contribution >= 0.6 is 0 Å². The highest BCUT2D eigenvalue weighted by atomic mass is 16.5. The van der Waals surface area contributed by atoms with Gasteiger partial charge in [0, 0.05) is 13.0 Å². The van der Waals surface area contributed by atoms with E-state index in [1.54, 1.807) is 0 Å². The molecule has 2 heteroatoms. The van der Waals surface area contributed by atoms with Gasteiger partial charge >= 0.3 is 0 Å². The van der Waals surface area contributed by atoms with Crippen molar-refractivity contribution in [1.82, 2.24) is 0 Å². The number of Topliss-reactive ketones (excluding diaryl/α,β-unsaturated/α-hetero) is 1. The zero-order valence-corrected chi connectivity index (χ0v) is 16.1. The van der Waals surface area contributed by atoms with E-state index in [1.165, 1.54) is 44.9 Å². The van der Waals surface area contributed by atoms with E-state index in [9.17, 15) is 4.79 Å². The lowest BCUT2D eigenvalue weighted by Gasteiger charge is -2.62. The third-order valence-electron chi connectivity index (χ3n) is 9.28. The van der Waals surface area contributed by atoms with E-state index < -0.39 is 0 Å². The molecule has 0 amide bonds. The van der Waals surface area contributed by atoms with Crippen molar-refractivity contribution in [1.29, 1.82) is 0 Å². The van der Waals surface area contributed by atoms with Crippen LogP contribution in [0.2, 0.25) is 0 Å². The monoisotopic (exact) mass is 332 g/mol. The van der Waals surface area contributed by atoms with E-state index in [0.717, 1.165) is 36.5 Å². The van der Waals surface area contributed by atoms with Gasteiger partial charge in [0.1, 0.15) is 5.78 Å². The number of ketones is 1. The third kappa shape index (κ3) is 2.20. The normalized spacial score (nSPS) is 53.8. The molecule has 8 unspecified atom stereocenters. The molecule has 0 aromatic carbocycles. The zero-order valence-electron chi connectivity index (χ0n) is 16.1. The SMILES string of the molecule is COC1CC2(C)C(C(C)=O)CCC2C2CCC3CCCCC3(C)C12. The quantitative estimate of drug-likeness (QED) is 0.690. The van der Waals surface area contributed by atoms with Crippen molar-refractivity contribution < 1.29 is 9.53 Å². The molecule has 0 N–H and O–H groups in total. The summed E-state index contributed by atoms with van der Waals surface area (Å²) in [4.78, 5) is 12.3. The van der Waals surface area contributed by atoms with Crippen LogP contribution in [0, 0.1) is 40.4 Å². The summed E-state index contributed by atoms with van der Waals surface area (Å²) >= 11 is 0. The van der Waals surface area contributed by atoms with Crippen molar-refractivity contribution in [3.8, 4) is 0 Å². The molecule has 4 rings (SSSR count). The largest absolute Gasteiger partial charge is 0.381 e. The molecule has 4 aliphatic rings. The molecule has 0 aliphatic heterocycles. The Kier molecular flexibility index (Phi) is 4.14. The standard InChI is InChI=1S/C22H36O2/c1-14(23)17-10-11-18-16-9-8-15-7-5-6-12-21(15,2)20(16)19(24-4)13-22(17,18)3/h15-20H,5-13H2,1-4H3. The molecule has 2 nitrogen and oxygen atoms in total. The van der Waals surface area contributed by atoms with Crippen LogP contribution in [0.3, 0.4) is 0 Å². The number of ether oxygens (including phenoxy) is 1. The van der Waals surface area contributed by atoms with Gasteiger partial charge in [-0.1, -0.05) is 26.7 Å². The second kappa shape index (κ2) is 5.83. The summed E-state index contributed by atoms with van der Waals surface area (Å²) in [6.45, 7) is 6.85. The van der Waals surface area contributed by atoms with Gasteiger partial charge in [-0.05, 0) is 86.4 Å². The number of rotatable bonds is 2. The molecule has 4 aliphatic carbocycles. The van der Waals surface area contributed by atoms with Crippen molar-refractivity contribution in [2.24, 2.45) is 40.4 Å². The van der Waals surface area contributed by atoms with Gasteiger partial charge in [-0.15, -0.1) is 0 Å². The molecule has 0 saturated heterocycles. The van der Waals surface area contributed by atoms with Gasteiger partial charge in [0.25, 0.3) is 0 Å². The molecule has 4 fully saturated rings. The first kappa shape index (κ1) is 17.1. The van der Waals surface area contributed by atoms with E-state index >= 15 is 0 Å². The molecule has 0 spiro atoms. The first-order valence-electron chi connectivity index (χ1n) is 10.4. The maximum Gasteiger partial charge on any atom is 0.133 e. The van der Waals surface area contributed by atoms with E-state index in [1.807, 2.05) is 14.0 Å². The van der Waals surface area contributed by atoms with Crippen LogP contribution < -0.4 is 0 Å². The first-order chi connectivity index (χ1) is 11.4. The fraction of sp³-hybridized carbons (Fsp3) is 0.955. The number of carbonyl (C=O) groups is 1. The maximum absolute atomic E-state index is 12.3. The van der Waals surface area contributed by atoms with Gasteiger partial charge in [0.05, 0.1) is 6.10 Å². The minimum atomic E-state index is 0.186. The van der Waals surface area contributed by atoms with E-state index in [-0.39, 0.29) is 11.3 Å². The van der Waals surface area contributed by atoms with Gasteiger partial charge < -0.3 is 4.74 Å². The summed E-state index contributed by atoms with van der Waals surface area (Å²) < 4.78 is 6.16. The Morgan fingerprint density at radius 2 is 1.79 bits per heavy atom. The predicted octanol–water partition coefficient (Wildman–Crippen LogP) is 5.25. The lowest BCUT2D eigenvalue weighted by molar-refractivity contribution is -0.179. The summed E-state index contributed by atoms with van der Waals surface area (Å²) in [5.41, 5.74) is 0.670. The Balaban J connectivity index is 1.71. The van der Waals surface area contributed by atoms with Crippen LogP contribution in [0.1, 0.15) is 78.6 Å². The summed E-state index contributed by atoms with van der Waals surface area (Å²) in [5.74, 6) is 3.88. The van der Waals surface area contributed by atoms with Crippen LogP contribution in [0.5, 0.6) is 0 Å². The molecule has 0 radical (unpaired) electrons. The summed E-state index contributed by atoms with van der Waals surface area (Å²) in [5, 5.41) is 0. The fourth-order valence-electron chi connectivity index (χ4n) is 8.28. The first-order valence-corrected chi connectivity index (χ1v) is 10.4. The van der Waals surface area contributed by atoms with Crippen LogP contribution in [0.15, 0.2) is 0 Å². The van der Waals surface area contributed by atoms with E-state index in [0.29, 0.717) is 17.3 Å². The predicted molar refractivity (Wildman–Crippen MR) is 96.7 cm³/mol. The molecule has 0 aromatic rings. The minimum Gasteiger partial charge on any atom is -0.381 e. The molecular formula is C22H36O2. The van der Waals surface area contributed by atoms with Gasteiger partial charge in [-0.3, -0.25) is 4.79 Å². The highest BCUT2D eigenvalue weighted by Gasteiger charge is 2.63. The Morgan fingerprint density at radius 3 is 2.50 bits per heavy atom. The van der Waals surface area contributed by atoms with E-state index in [4.69, 9.17) is 4.74 Å². The average Bonchev–Trinajstić information content (AvgIpc) is 2.90. The number of hydrogen-bond donors (Lipinski definition) is 0. The van der Waals surface area contributed by atoms with Crippen molar-refractivity contribution in [3.63, 3.8) is 0 Å². The lowest BCUT2D eigenvalue weighted by atomic mass is 9.44. The van der Waals surface area contributed by atoms with Crippen LogP contribution in [0.25, 0.3) is 0 Å². The zero-order chi connectivity index (χ0) is 17.1. The summed E-state index contributed by atoms with van der Waals surface area (Å²) in [7, 11) is 1.93. The van der Waals surface area contributed by atoms with Crippen molar-refractivity contribution >= 4 is 5.78 Å². The Hall–Kier alpha value is -0.370. The summed E-state index contributed by atoms with van der Waals surface area (Å²) in [6, 6.07) is 0. The molecule has 4 saturated carbocycles. The van der Waals surface area contributed by atoms with Crippen molar-refractivity contribution in [3.05, 3.63) is 0 Å². The Bertz CT molecular complexity index is 514. The van der Waals surface area contributed by atoms with Gasteiger partial charge in [-0.25, -0.2) is 0 Å². The van der Waals surface area contributed by atoms with Crippen molar-refractivity contribution in [2.45, 2.75) is 84.7 Å². The number of hydrogen-bond acceptors (Lipinski definition) is 2. The van der Waals surface area contributed by atoms with Crippen LogP contribution in [-0.4, -0.2) is 19.0 Å². The molecule has 0 bridgehead atoms. The highest BCUT2D eigenvalue weighted by molar-refractivity contribution is 5.79. The Morgan fingerprint density at radius 1 is 1.00 bits per heavy atom. The van der Waals surface area contributed by atoms with E-state index in [2.05, 4.69) is 13.8 Å². The summed E-state index contributed by atoms with van der Waals surface area (Å²) in [6.07, 6.45) is 12.4. The average molecular weight is 333 g/mol. The smallest absolute Gasteiger partial charge is 0.133 e. The van der Waals surface area contributed by atoms with Crippen LogP contribution in [0.4, 0.5) is 0 Å². The number of carbonyl (C=O) groups excluding carboxylic acids is 1. The molecular weight excluding hydrogens is 296 g/mol. The van der Waals surface area contributed by atoms with Crippen LogP contribution in [-0.2, 0) is 9.53 Å². The van der Waals surface area contributed by atoms with Gasteiger partial charge in [-0.2, -0.15) is 0 Å². The second-order valence-corrected chi connectivity index (χ2v) is 10.0. The number of fused-ring (bicyclic) bond motifs is 5. The minimum absolute atomic E-state index is 0.186. The molecule has 0 aromatic heterocycles. The van der Waals surface area contributed by atoms with Gasteiger partial charge in [0.15, 0.2) is 0 Å². The van der Waals surface area contributed by atoms with Gasteiger partial charge in [0.2, 0.25) is 0 Å². The molecule has 24 heavy (non-hydrogen) atoms. The number of methoxy groups -OCH3 is 1. The lowest BCUT2D eigenvalue weighted by Crippen LogP contribution is -2.59. The second-order valence-electron chi connectivity index (χ2n) is 10.0.